The average molecular weight is 617 g/mol. The normalized spacial score (nSPS) is 17.1. The summed E-state index contributed by atoms with van der Waals surface area (Å²) in [6.45, 7) is 19.0. The van der Waals surface area contributed by atoms with Gasteiger partial charge in [0, 0.05) is 13.1 Å². The van der Waals surface area contributed by atoms with Crippen molar-refractivity contribution in [3.05, 3.63) is 0 Å². The topological polar surface area (TPSA) is 175 Å². The summed E-state index contributed by atoms with van der Waals surface area (Å²) in [5.41, 5.74) is -4.64. The first kappa shape index (κ1) is 37.4. The molecule has 2 heterocycles. The number of hydrogen-bond acceptors (Lipinski definition) is 11. The lowest BCUT2D eigenvalue weighted by Gasteiger charge is -2.47. The highest BCUT2D eigenvalue weighted by molar-refractivity contribution is 6.02. The van der Waals surface area contributed by atoms with Gasteiger partial charge in [0.25, 0.3) is 0 Å². The van der Waals surface area contributed by atoms with Crippen LogP contribution in [-0.4, -0.2) is 107 Å². The molecule has 246 valence electrons. The van der Waals surface area contributed by atoms with Gasteiger partial charge in [-0.1, -0.05) is 0 Å². The molecule has 2 fully saturated rings. The fourth-order valence-corrected chi connectivity index (χ4v) is 4.07. The predicted octanol–water partition coefficient (Wildman–Crippen LogP) is 3.39. The molecule has 2 saturated heterocycles. The quantitative estimate of drug-likeness (QED) is 0.251. The Morgan fingerprint density at radius 1 is 0.628 bits per heavy atom. The Kier molecular flexibility index (Phi) is 12.0. The van der Waals surface area contributed by atoms with Gasteiger partial charge in [0.2, 0.25) is 0 Å². The van der Waals surface area contributed by atoms with Gasteiger partial charge in [-0.2, -0.15) is 0 Å². The molecule has 0 aromatic carbocycles. The van der Waals surface area contributed by atoms with Gasteiger partial charge in [0.05, 0.1) is 32.7 Å². The van der Waals surface area contributed by atoms with E-state index in [0.717, 1.165) is 0 Å². The van der Waals surface area contributed by atoms with Gasteiger partial charge in [-0.25, -0.2) is 9.59 Å². The molecule has 2 aliphatic rings. The van der Waals surface area contributed by atoms with Crippen LogP contribution in [0.2, 0.25) is 0 Å². The second-order valence-corrected chi connectivity index (χ2v) is 13.5. The minimum absolute atomic E-state index is 0.0833. The third-order valence-electron chi connectivity index (χ3n) is 5.90. The number of nitrogens with zero attached hydrogens (tertiary/aromatic N) is 2. The Bertz CT molecular complexity index is 1050. The van der Waals surface area contributed by atoms with E-state index >= 15 is 0 Å². The van der Waals surface area contributed by atoms with E-state index in [9.17, 15) is 28.8 Å². The molecule has 0 saturated carbocycles. The van der Waals surface area contributed by atoms with E-state index in [2.05, 4.69) is 0 Å². The van der Waals surface area contributed by atoms with Gasteiger partial charge in [0.15, 0.2) is 5.41 Å². The Morgan fingerprint density at radius 2 is 1.00 bits per heavy atom. The van der Waals surface area contributed by atoms with Crippen LogP contribution in [-0.2, 0) is 42.9 Å². The number of aliphatic carboxylic acids is 1. The maximum absolute atomic E-state index is 12.3. The third kappa shape index (κ3) is 10.9. The van der Waals surface area contributed by atoms with E-state index in [4.69, 9.17) is 28.8 Å². The molecule has 14 heteroatoms. The van der Waals surface area contributed by atoms with Crippen molar-refractivity contribution in [2.24, 2.45) is 10.8 Å². The molecule has 0 aliphatic carbocycles. The second-order valence-electron chi connectivity index (χ2n) is 13.5. The van der Waals surface area contributed by atoms with Gasteiger partial charge in [-0.05, 0) is 76.2 Å². The molecule has 1 N–H and O–H groups in total. The maximum atomic E-state index is 12.3. The van der Waals surface area contributed by atoms with Crippen LogP contribution in [0.5, 0.6) is 0 Å². The Balaban J connectivity index is 0.000000442. The minimum atomic E-state index is -1.66. The molecule has 2 aliphatic heterocycles. The van der Waals surface area contributed by atoms with E-state index in [1.807, 2.05) is 0 Å². The molecular formula is C29H48N2O12. The van der Waals surface area contributed by atoms with E-state index in [1.54, 1.807) is 76.2 Å². The number of amides is 2. The maximum Gasteiger partial charge on any atom is 0.410 e. The number of ether oxygens (including phenoxy) is 5. The fraction of sp³-hybridized carbons (Fsp3) is 0.793. The number of hydrogen-bond donors (Lipinski definition) is 1. The SMILES string of the molecule is CCOC(=O)C1(C(=O)O)CN(C(=O)OC(C)(C)C)C1.CCOC(=O)C1(CC(=O)OC(C)(C)C)CN(C(=O)OC(C)(C)C)C1. The summed E-state index contributed by atoms with van der Waals surface area (Å²) in [6, 6.07) is 0. The van der Waals surface area contributed by atoms with Gasteiger partial charge < -0.3 is 38.6 Å². The number of carbonyl (C=O) groups excluding carboxylic acids is 5. The second kappa shape index (κ2) is 13.8. The number of rotatable bonds is 7. The van der Waals surface area contributed by atoms with Crippen molar-refractivity contribution in [2.75, 3.05) is 39.4 Å². The predicted molar refractivity (Wildman–Crippen MR) is 152 cm³/mol. The molecule has 2 amide bonds. The number of carboxylic acid groups (broad SMARTS) is 1. The zero-order chi connectivity index (χ0) is 33.6. The Hall–Kier alpha value is -3.58. The van der Waals surface area contributed by atoms with Crippen molar-refractivity contribution >= 4 is 36.1 Å². The van der Waals surface area contributed by atoms with Crippen molar-refractivity contribution < 1.29 is 57.6 Å². The molecule has 0 aromatic heterocycles. The number of esters is 3. The lowest BCUT2D eigenvalue weighted by Crippen LogP contribution is -2.66. The molecule has 0 aromatic rings. The Morgan fingerprint density at radius 3 is 1.35 bits per heavy atom. The van der Waals surface area contributed by atoms with Crippen molar-refractivity contribution in [3.8, 4) is 0 Å². The standard InChI is InChI=1S/C17H29NO6.C12H19NO6/c1-8-22-13(20)17(9-12(19)23-15(2,3)4)10-18(11-17)14(21)24-16(5,6)7;1-5-18-9(16)12(8(14)15)6-13(7-12)10(17)19-11(2,3)4/h8-11H2,1-7H3;5-7H2,1-4H3,(H,14,15). The largest absolute Gasteiger partial charge is 0.480 e. The van der Waals surface area contributed by atoms with Crippen LogP contribution in [0.15, 0.2) is 0 Å². The minimum Gasteiger partial charge on any atom is -0.480 e. The van der Waals surface area contributed by atoms with Crippen LogP contribution >= 0.6 is 0 Å². The smallest absolute Gasteiger partial charge is 0.410 e. The summed E-state index contributed by atoms with van der Waals surface area (Å²) >= 11 is 0. The summed E-state index contributed by atoms with van der Waals surface area (Å²) < 4.78 is 25.5. The molecule has 0 bridgehead atoms. The van der Waals surface area contributed by atoms with Crippen molar-refractivity contribution in [1.29, 1.82) is 0 Å². The summed E-state index contributed by atoms with van der Waals surface area (Å²) in [6.07, 6.45) is -1.26. The van der Waals surface area contributed by atoms with E-state index in [1.165, 1.54) is 9.80 Å². The number of likely N-dealkylation sites (tertiary alicyclic amines) is 2. The summed E-state index contributed by atoms with van der Waals surface area (Å²) in [5.74, 6) is -3.08. The lowest BCUT2D eigenvalue weighted by molar-refractivity contribution is -0.180. The Labute approximate surface area is 253 Å². The third-order valence-corrected chi connectivity index (χ3v) is 5.90. The monoisotopic (exact) mass is 616 g/mol. The van der Waals surface area contributed by atoms with Crippen LogP contribution in [0.3, 0.4) is 0 Å². The average Bonchev–Trinajstić information content (AvgIpc) is 2.72. The zero-order valence-corrected chi connectivity index (χ0v) is 27.3. The molecule has 2 rings (SSSR count). The van der Waals surface area contributed by atoms with Gasteiger partial charge in [-0.15, -0.1) is 0 Å². The number of carbonyl (C=O) groups is 6. The molecule has 0 atom stereocenters. The van der Waals surface area contributed by atoms with Crippen molar-refractivity contribution in [1.82, 2.24) is 9.80 Å². The lowest BCUT2D eigenvalue weighted by atomic mass is 9.77. The highest BCUT2D eigenvalue weighted by Gasteiger charge is 2.59. The van der Waals surface area contributed by atoms with Crippen molar-refractivity contribution in [3.63, 3.8) is 0 Å². The van der Waals surface area contributed by atoms with Crippen LogP contribution in [0, 0.1) is 10.8 Å². The summed E-state index contributed by atoms with van der Waals surface area (Å²) in [7, 11) is 0. The van der Waals surface area contributed by atoms with E-state index < -0.39 is 63.7 Å². The first-order valence-corrected chi connectivity index (χ1v) is 14.2. The van der Waals surface area contributed by atoms with Crippen LogP contribution in [0.4, 0.5) is 9.59 Å². The molecular weight excluding hydrogens is 568 g/mol. The molecule has 43 heavy (non-hydrogen) atoms. The van der Waals surface area contributed by atoms with E-state index in [0.29, 0.717) is 0 Å². The van der Waals surface area contributed by atoms with Crippen LogP contribution in [0.25, 0.3) is 0 Å². The first-order valence-electron chi connectivity index (χ1n) is 14.2. The highest BCUT2D eigenvalue weighted by atomic mass is 16.6. The van der Waals surface area contributed by atoms with Crippen LogP contribution in [0.1, 0.15) is 82.6 Å². The molecule has 0 radical (unpaired) electrons. The molecule has 14 nitrogen and oxygen atoms in total. The van der Waals surface area contributed by atoms with Gasteiger partial charge in [0.1, 0.15) is 22.2 Å². The number of carboxylic acids is 1. The van der Waals surface area contributed by atoms with Gasteiger partial charge in [-0.3, -0.25) is 19.2 Å². The van der Waals surface area contributed by atoms with Crippen LogP contribution < -0.4 is 0 Å². The highest BCUT2D eigenvalue weighted by Crippen LogP contribution is 2.37. The van der Waals surface area contributed by atoms with E-state index in [-0.39, 0.29) is 45.8 Å². The fourth-order valence-electron chi connectivity index (χ4n) is 4.07. The molecule has 0 spiro atoms. The van der Waals surface area contributed by atoms with Crippen molar-refractivity contribution in [2.45, 2.75) is 99.4 Å². The van der Waals surface area contributed by atoms with Gasteiger partial charge >= 0.3 is 36.1 Å². The summed E-state index contributed by atoms with van der Waals surface area (Å²) in [5, 5.41) is 9.13. The zero-order valence-electron chi connectivity index (χ0n) is 27.3. The summed E-state index contributed by atoms with van der Waals surface area (Å²) in [4.78, 5) is 73.6. The first-order chi connectivity index (χ1) is 19.4. The molecule has 0 unspecified atom stereocenters.